The summed E-state index contributed by atoms with van der Waals surface area (Å²) in [6, 6.07) is 0. The van der Waals surface area contributed by atoms with Crippen LogP contribution in [0.15, 0.2) is 11.6 Å². The standard InChI is InChI=1S/C19H37N/c1-8-15(14-20-19(5,6)7)13-16-9-11-17(12-10-16)18(2,3)4/h13,16-17,20H,8-12,14H2,1-7H3. The lowest BCUT2D eigenvalue weighted by molar-refractivity contribution is 0.162. The van der Waals surface area contributed by atoms with Gasteiger partial charge in [-0.3, -0.25) is 0 Å². The van der Waals surface area contributed by atoms with E-state index in [2.05, 4.69) is 59.9 Å². The van der Waals surface area contributed by atoms with E-state index in [-0.39, 0.29) is 5.54 Å². The summed E-state index contributed by atoms with van der Waals surface area (Å²) in [7, 11) is 0. The molecule has 0 radical (unpaired) electrons. The average Bonchev–Trinajstić information content (AvgIpc) is 2.33. The Labute approximate surface area is 127 Å². The molecular weight excluding hydrogens is 242 g/mol. The van der Waals surface area contributed by atoms with Crippen molar-refractivity contribution in [2.75, 3.05) is 6.54 Å². The molecule has 0 aliphatic heterocycles. The fraction of sp³-hybridized carbons (Fsp3) is 0.895. The number of hydrogen-bond donors (Lipinski definition) is 1. The molecule has 1 saturated carbocycles. The maximum atomic E-state index is 3.63. The molecule has 1 fully saturated rings. The zero-order valence-electron chi connectivity index (χ0n) is 15.0. The molecule has 1 heteroatoms. The topological polar surface area (TPSA) is 12.0 Å². The van der Waals surface area contributed by atoms with Gasteiger partial charge in [0.2, 0.25) is 0 Å². The van der Waals surface area contributed by atoms with Crippen molar-refractivity contribution < 1.29 is 0 Å². The van der Waals surface area contributed by atoms with Gasteiger partial charge in [-0.05, 0) is 70.1 Å². The van der Waals surface area contributed by atoms with Crippen molar-refractivity contribution >= 4 is 0 Å². The quantitative estimate of drug-likeness (QED) is 0.664. The van der Waals surface area contributed by atoms with E-state index in [0.717, 1.165) is 18.4 Å². The molecule has 0 atom stereocenters. The van der Waals surface area contributed by atoms with E-state index in [0.29, 0.717) is 5.41 Å². The SMILES string of the molecule is CCC(=CC1CCC(C(C)(C)C)CC1)CNC(C)(C)C. The van der Waals surface area contributed by atoms with Gasteiger partial charge in [-0.1, -0.05) is 39.3 Å². The number of hydrogen-bond acceptors (Lipinski definition) is 1. The van der Waals surface area contributed by atoms with Gasteiger partial charge in [0.15, 0.2) is 0 Å². The maximum Gasteiger partial charge on any atom is 0.0169 e. The molecule has 118 valence electrons. The van der Waals surface area contributed by atoms with Gasteiger partial charge in [0.25, 0.3) is 0 Å². The van der Waals surface area contributed by atoms with Crippen molar-refractivity contribution in [3.05, 3.63) is 11.6 Å². The minimum absolute atomic E-state index is 0.220. The first kappa shape index (κ1) is 17.8. The molecule has 1 aliphatic carbocycles. The summed E-state index contributed by atoms with van der Waals surface area (Å²) in [5.41, 5.74) is 2.31. The van der Waals surface area contributed by atoms with Gasteiger partial charge in [-0.25, -0.2) is 0 Å². The highest BCUT2D eigenvalue weighted by molar-refractivity contribution is 5.07. The predicted molar refractivity (Wildman–Crippen MR) is 91.0 cm³/mol. The van der Waals surface area contributed by atoms with Gasteiger partial charge in [0.1, 0.15) is 0 Å². The van der Waals surface area contributed by atoms with Crippen LogP contribution in [0, 0.1) is 17.3 Å². The number of rotatable bonds is 4. The summed E-state index contributed by atoms with van der Waals surface area (Å²) in [5, 5.41) is 3.63. The molecular formula is C19H37N. The Morgan fingerprint density at radius 3 is 1.95 bits per heavy atom. The van der Waals surface area contributed by atoms with Crippen molar-refractivity contribution in [2.45, 2.75) is 86.1 Å². The molecule has 0 unspecified atom stereocenters. The lowest BCUT2D eigenvalue weighted by atomic mass is 9.69. The fourth-order valence-corrected chi connectivity index (χ4v) is 3.17. The monoisotopic (exact) mass is 279 g/mol. The summed E-state index contributed by atoms with van der Waals surface area (Å²) in [6.07, 6.45) is 9.37. The summed E-state index contributed by atoms with van der Waals surface area (Å²) in [6.45, 7) is 17.3. The Kier molecular flexibility index (Phi) is 6.31. The van der Waals surface area contributed by atoms with E-state index in [1.807, 2.05) is 0 Å². The summed E-state index contributed by atoms with van der Waals surface area (Å²) in [5.74, 6) is 1.75. The van der Waals surface area contributed by atoms with E-state index in [1.54, 1.807) is 5.57 Å². The molecule has 1 aliphatic rings. The second kappa shape index (κ2) is 7.11. The van der Waals surface area contributed by atoms with E-state index in [4.69, 9.17) is 0 Å². The van der Waals surface area contributed by atoms with Crippen LogP contribution in [0.1, 0.15) is 80.6 Å². The molecule has 0 aromatic heterocycles. The Balaban J connectivity index is 2.49. The Hall–Kier alpha value is -0.300. The van der Waals surface area contributed by atoms with Crippen molar-refractivity contribution in [2.24, 2.45) is 17.3 Å². The van der Waals surface area contributed by atoms with Gasteiger partial charge < -0.3 is 5.32 Å². The van der Waals surface area contributed by atoms with Crippen molar-refractivity contribution in [1.82, 2.24) is 5.32 Å². The number of allylic oxidation sites excluding steroid dienone is 1. The zero-order valence-corrected chi connectivity index (χ0v) is 15.0. The van der Waals surface area contributed by atoms with Crippen LogP contribution in [0.3, 0.4) is 0 Å². The van der Waals surface area contributed by atoms with E-state index in [9.17, 15) is 0 Å². The highest BCUT2D eigenvalue weighted by Gasteiger charge is 2.29. The first-order chi connectivity index (χ1) is 9.12. The van der Waals surface area contributed by atoms with Gasteiger partial charge in [0.05, 0.1) is 0 Å². The van der Waals surface area contributed by atoms with Crippen LogP contribution >= 0.6 is 0 Å². The van der Waals surface area contributed by atoms with Crippen LogP contribution in [-0.4, -0.2) is 12.1 Å². The lowest BCUT2D eigenvalue weighted by Gasteiger charge is -2.36. The van der Waals surface area contributed by atoms with Crippen molar-refractivity contribution in [1.29, 1.82) is 0 Å². The minimum Gasteiger partial charge on any atom is -0.308 e. The molecule has 0 saturated heterocycles. The van der Waals surface area contributed by atoms with Crippen molar-refractivity contribution in [3.63, 3.8) is 0 Å². The van der Waals surface area contributed by atoms with Crippen LogP contribution in [0.4, 0.5) is 0 Å². The minimum atomic E-state index is 0.220. The first-order valence-corrected chi connectivity index (χ1v) is 8.56. The van der Waals surface area contributed by atoms with Crippen LogP contribution in [-0.2, 0) is 0 Å². The molecule has 0 spiro atoms. The fourth-order valence-electron chi connectivity index (χ4n) is 3.17. The van der Waals surface area contributed by atoms with Gasteiger partial charge in [-0.15, -0.1) is 0 Å². The van der Waals surface area contributed by atoms with Crippen LogP contribution in [0.25, 0.3) is 0 Å². The molecule has 0 heterocycles. The smallest absolute Gasteiger partial charge is 0.0169 e. The first-order valence-electron chi connectivity index (χ1n) is 8.56. The van der Waals surface area contributed by atoms with Crippen LogP contribution in [0.2, 0.25) is 0 Å². The molecule has 1 nitrogen and oxygen atoms in total. The molecule has 1 rings (SSSR count). The molecule has 0 aromatic rings. The number of nitrogens with one attached hydrogen (secondary N) is 1. The molecule has 0 amide bonds. The van der Waals surface area contributed by atoms with E-state index in [1.165, 1.54) is 32.1 Å². The molecule has 1 N–H and O–H groups in total. The van der Waals surface area contributed by atoms with Crippen molar-refractivity contribution in [3.8, 4) is 0 Å². The zero-order chi connectivity index (χ0) is 15.4. The normalized spacial score (nSPS) is 25.9. The molecule has 20 heavy (non-hydrogen) atoms. The summed E-state index contributed by atoms with van der Waals surface area (Å²) in [4.78, 5) is 0. The Bertz CT molecular complexity index is 306. The van der Waals surface area contributed by atoms with Crippen LogP contribution < -0.4 is 5.32 Å². The van der Waals surface area contributed by atoms with E-state index < -0.39 is 0 Å². The highest BCUT2D eigenvalue weighted by atomic mass is 14.9. The van der Waals surface area contributed by atoms with E-state index >= 15 is 0 Å². The second-order valence-corrected chi connectivity index (χ2v) is 8.76. The third-order valence-electron chi connectivity index (χ3n) is 4.77. The molecule has 0 aromatic carbocycles. The third kappa shape index (κ3) is 6.43. The maximum absolute atomic E-state index is 3.63. The largest absolute Gasteiger partial charge is 0.308 e. The summed E-state index contributed by atoms with van der Waals surface area (Å²) >= 11 is 0. The average molecular weight is 280 g/mol. The van der Waals surface area contributed by atoms with Crippen LogP contribution in [0.5, 0.6) is 0 Å². The van der Waals surface area contributed by atoms with Gasteiger partial charge in [-0.2, -0.15) is 0 Å². The Morgan fingerprint density at radius 1 is 1.00 bits per heavy atom. The lowest BCUT2D eigenvalue weighted by Crippen LogP contribution is -2.37. The second-order valence-electron chi connectivity index (χ2n) is 8.76. The van der Waals surface area contributed by atoms with Gasteiger partial charge >= 0.3 is 0 Å². The molecule has 0 bridgehead atoms. The third-order valence-corrected chi connectivity index (χ3v) is 4.77. The Morgan fingerprint density at radius 2 is 1.55 bits per heavy atom. The van der Waals surface area contributed by atoms with Gasteiger partial charge in [0, 0.05) is 12.1 Å². The highest BCUT2D eigenvalue weighted by Crippen LogP contribution is 2.40. The predicted octanol–water partition coefficient (Wildman–Crippen LogP) is 5.56. The summed E-state index contributed by atoms with van der Waals surface area (Å²) < 4.78 is 0.